The third kappa shape index (κ3) is 2.67. The average molecular weight is 410 g/mol. The van der Waals surface area contributed by atoms with Crippen LogP contribution in [0.25, 0.3) is 0 Å². The highest BCUT2D eigenvalue weighted by atomic mass is 16.7. The molecule has 3 heterocycles. The van der Waals surface area contributed by atoms with Crippen molar-refractivity contribution in [2.24, 2.45) is 0 Å². The quantitative estimate of drug-likeness (QED) is 0.723. The summed E-state index contributed by atoms with van der Waals surface area (Å²) in [6.45, 7) is 1.38. The van der Waals surface area contributed by atoms with Crippen LogP contribution in [-0.4, -0.2) is 54.1 Å². The Balaban J connectivity index is 1.69. The Morgan fingerprint density at radius 1 is 1.07 bits per heavy atom. The van der Waals surface area contributed by atoms with Gasteiger partial charge in [0.15, 0.2) is 23.0 Å². The molecular formula is C22H25BNO6+. The molecule has 2 aromatic rings. The summed E-state index contributed by atoms with van der Waals surface area (Å²) in [7, 11) is 13.8. The van der Waals surface area contributed by atoms with E-state index in [0.717, 1.165) is 41.0 Å². The molecule has 7 nitrogen and oxygen atoms in total. The smallest absolute Gasteiger partial charge is 0.481 e. The van der Waals surface area contributed by atoms with E-state index in [2.05, 4.69) is 6.07 Å². The lowest BCUT2D eigenvalue weighted by molar-refractivity contribution is -0.838. The zero-order valence-electron chi connectivity index (χ0n) is 17.7. The fraction of sp³-hybridized carbons (Fsp3) is 0.455. The molecule has 0 spiro atoms. The summed E-state index contributed by atoms with van der Waals surface area (Å²) in [6.07, 6.45) is 0.556. The Bertz CT molecular complexity index is 1010. The minimum absolute atomic E-state index is 0.183. The van der Waals surface area contributed by atoms with E-state index in [1.165, 1.54) is 0 Å². The first kappa shape index (κ1) is 19.4. The second-order valence-corrected chi connectivity index (χ2v) is 8.08. The number of methoxy groups -OCH3 is 3. The second kappa shape index (κ2) is 6.99. The first-order valence-corrected chi connectivity index (χ1v) is 9.98. The number of nitrogens with zero attached hydrogens (tertiary/aromatic N) is 1. The van der Waals surface area contributed by atoms with Crippen LogP contribution >= 0.6 is 0 Å². The van der Waals surface area contributed by atoms with Gasteiger partial charge in [-0.3, -0.25) is 0 Å². The zero-order valence-corrected chi connectivity index (χ0v) is 17.7. The maximum Gasteiger partial charge on any atom is 0.481 e. The minimum Gasteiger partial charge on any atom is -0.493 e. The van der Waals surface area contributed by atoms with Gasteiger partial charge in [0, 0.05) is 19.0 Å². The Labute approximate surface area is 177 Å². The molecular weight excluding hydrogens is 385 g/mol. The summed E-state index contributed by atoms with van der Waals surface area (Å²) in [5, 5.41) is 0. The van der Waals surface area contributed by atoms with E-state index in [1.807, 2.05) is 19.2 Å². The highest BCUT2D eigenvalue weighted by molar-refractivity contribution is 5.97. The summed E-state index contributed by atoms with van der Waals surface area (Å²) >= 11 is 0. The molecule has 3 aliphatic rings. The van der Waals surface area contributed by atoms with Gasteiger partial charge in [-0.2, -0.15) is 0 Å². The number of rotatable bonds is 4. The highest BCUT2D eigenvalue weighted by Gasteiger charge is 2.48. The van der Waals surface area contributed by atoms with Crippen molar-refractivity contribution in [1.29, 1.82) is 0 Å². The van der Waals surface area contributed by atoms with Crippen molar-refractivity contribution in [3.05, 3.63) is 40.5 Å². The topological polar surface area (TPSA) is 55.4 Å². The van der Waals surface area contributed by atoms with Crippen LogP contribution in [0.2, 0.25) is 0 Å². The van der Waals surface area contributed by atoms with Crippen molar-refractivity contribution in [1.82, 2.24) is 0 Å². The van der Waals surface area contributed by atoms with Gasteiger partial charge >= 0.3 is 7.98 Å². The lowest BCUT2D eigenvalue weighted by atomic mass is 9.81. The fourth-order valence-corrected chi connectivity index (χ4v) is 5.01. The number of benzene rings is 2. The largest absolute Gasteiger partial charge is 0.493 e. The average Bonchev–Trinajstić information content (AvgIpc) is 3.38. The molecule has 0 fully saturated rings. The molecule has 0 saturated heterocycles. The summed E-state index contributed by atoms with van der Waals surface area (Å²) in [4.78, 5) is 0. The maximum absolute atomic E-state index is 6.84. The lowest BCUT2D eigenvalue weighted by Gasteiger charge is -2.46. The molecule has 3 atom stereocenters. The number of hydrogen-bond acceptors (Lipinski definition) is 6. The Morgan fingerprint density at radius 3 is 2.60 bits per heavy atom. The number of likely N-dealkylation sites (N-methyl/N-ethyl adjacent to an activating group) is 1. The van der Waals surface area contributed by atoms with Crippen molar-refractivity contribution in [3.63, 3.8) is 0 Å². The second-order valence-electron chi connectivity index (χ2n) is 8.08. The zero-order chi connectivity index (χ0) is 21.0. The predicted octanol–water partition coefficient (Wildman–Crippen LogP) is 2.84. The molecule has 0 bridgehead atoms. The van der Waals surface area contributed by atoms with Crippen LogP contribution in [0.3, 0.4) is 0 Å². The van der Waals surface area contributed by atoms with Gasteiger partial charge in [-0.25, -0.2) is 0 Å². The molecule has 2 radical (unpaired) electrons. The normalized spacial score (nSPS) is 26.1. The molecule has 0 amide bonds. The summed E-state index contributed by atoms with van der Waals surface area (Å²) < 4.78 is 34.9. The molecule has 3 aliphatic heterocycles. The van der Waals surface area contributed by atoms with Crippen molar-refractivity contribution >= 4 is 7.98 Å². The minimum atomic E-state index is -0.261. The number of ether oxygens (including phenoxy) is 6. The molecule has 0 N–H and O–H groups in total. The van der Waals surface area contributed by atoms with Crippen LogP contribution in [0.5, 0.6) is 28.7 Å². The number of hydrogen-bond donors (Lipinski definition) is 0. The van der Waals surface area contributed by atoms with E-state index in [9.17, 15) is 0 Å². The van der Waals surface area contributed by atoms with Gasteiger partial charge < -0.3 is 32.8 Å². The van der Waals surface area contributed by atoms with Gasteiger partial charge in [0.25, 0.3) is 0 Å². The van der Waals surface area contributed by atoms with E-state index >= 15 is 0 Å². The third-order valence-electron chi connectivity index (χ3n) is 6.43. The molecule has 0 aliphatic carbocycles. The summed E-state index contributed by atoms with van der Waals surface area (Å²) in [6, 6.07) is 5.83. The van der Waals surface area contributed by atoms with Crippen LogP contribution in [0.1, 0.15) is 34.4 Å². The van der Waals surface area contributed by atoms with Gasteiger partial charge in [0.2, 0.25) is 12.5 Å². The van der Waals surface area contributed by atoms with Crippen LogP contribution < -0.4 is 23.7 Å². The Hall–Kier alpha value is -2.58. The van der Waals surface area contributed by atoms with E-state index < -0.39 is 0 Å². The molecule has 5 rings (SSSR count). The number of fused-ring (bicyclic) bond motifs is 3. The Kier molecular flexibility index (Phi) is 4.52. The van der Waals surface area contributed by atoms with Crippen molar-refractivity contribution < 1.29 is 32.8 Å². The maximum atomic E-state index is 6.84. The van der Waals surface area contributed by atoms with Gasteiger partial charge in [0.05, 0.1) is 40.0 Å². The lowest BCUT2D eigenvalue weighted by Crippen LogP contribution is -2.51. The van der Waals surface area contributed by atoms with Crippen molar-refractivity contribution in [2.45, 2.75) is 25.2 Å². The Morgan fingerprint density at radius 2 is 1.87 bits per heavy atom. The van der Waals surface area contributed by atoms with Gasteiger partial charge in [-0.1, -0.05) is 6.07 Å². The molecule has 156 valence electrons. The van der Waals surface area contributed by atoms with Gasteiger partial charge in [-0.15, -0.1) is 0 Å². The summed E-state index contributed by atoms with van der Waals surface area (Å²) in [5.74, 6) is 3.43. The molecule has 0 aromatic heterocycles. The van der Waals surface area contributed by atoms with E-state index in [0.29, 0.717) is 29.6 Å². The first-order chi connectivity index (χ1) is 14.5. The van der Waals surface area contributed by atoms with E-state index in [-0.39, 0.29) is 23.3 Å². The van der Waals surface area contributed by atoms with Crippen LogP contribution in [0.4, 0.5) is 0 Å². The number of quaternary nitrogens is 1. The monoisotopic (exact) mass is 410 g/mol. The molecule has 2 aromatic carbocycles. The molecule has 2 unspecified atom stereocenters. The van der Waals surface area contributed by atoms with E-state index in [4.69, 9.17) is 36.4 Å². The van der Waals surface area contributed by atoms with Crippen LogP contribution in [0.15, 0.2) is 18.2 Å². The highest BCUT2D eigenvalue weighted by Crippen LogP contribution is 2.56. The molecule has 0 saturated carbocycles. The van der Waals surface area contributed by atoms with Crippen LogP contribution in [-0.2, 0) is 17.8 Å². The standard InChI is InChI=1S/C22H25BNO6/c1-24(23)8-7-12-9-16-21(30-11-29-16)22(27-4)17(12)18(24)20-13-5-6-15(25-2)19(26-3)14(13)10-28-20/h5-6,9,18,20H,7-8,10-11H2,1-4H3/q+1/t18-,20?,24?/m1/s1. The van der Waals surface area contributed by atoms with Crippen molar-refractivity contribution in [2.75, 3.05) is 41.7 Å². The third-order valence-corrected chi connectivity index (χ3v) is 6.43. The first-order valence-electron chi connectivity index (χ1n) is 9.98. The SMILES string of the molecule is [B][N+]1(C)CCc2cc3c(c(OC)c2[C@@H]1C1OCc2c1ccc(OC)c2OC)OCO3. The molecule has 8 heteroatoms. The van der Waals surface area contributed by atoms with Gasteiger partial charge in [-0.05, 0) is 23.3 Å². The van der Waals surface area contributed by atoms with Crippen LogP contribution in [0, 0.1) is 0 Å². The fourth-order valence-electron chi connectivity index (χ4n) is 5.01. The predicted molar refractivity (Wildman–Crippen MR) is 109 cm³/mol. The molecule has 30 heavy (non-hydrogen) atoms. The summed E-state index contributed by atoms with van der Waals surface area (Å²) in [5.41, 5.74) is 4.22. The van der Waals surface area contributed by atoms with Gasteiger partial charge in [0.1, 0.15) is 12.1 Å². The van der Waals surface area contributed by atoms with E-state index in [1.54, 1.807) is 21.3 Å². The van der Waals surface area contributed by atoms with Crippen molar-refractivity contribution in [3.8, 4) is 28.7 Å².